The number of ether oxygens (including phenoxy) is 1. The molecule has 0 saturated carbocycles. The maximum atomic E-state index is 13.3. The highest BCUT2D eigenvalue weighted by atomic mass is 35.5. The molecule has 0 radical (unpaired) electrons. The van der Waals surface area contributed by atoms with Crippen molar-refractivity contribution in [2.45, 2.75) is 30.8 Å². The molecular formula is C30H28ClN5O6S. The normalized spacial score (nSPS) is 13.8. The van der Waals surface area contributed by atoms with E-state index in [-0.39, 0.29) is 17.9 Å². The maximum absolute atomic E-state index is 13.3. The van der Waals surface area contributed by atoms with E-state index in [2.05, 4.69) is 22.1 Å². The summed E-state index contributed by atoms with van der Waals surface area (Å²) in [5.74, 6) is 0.334. The van der Waals surface area contributed by atoms with Gasteiger partial charge in [-0.15, -0.1) is 0 Å². The number of nitrogens with one attached hydrogen (secondary N) is 1. The van der Waals surface area contributed by atoms with E-state index in [0.29, 0.717) is 35.7 Å². The molecule has 43 heavy (non-hydrogen) atoms. The Bertz CT molecular complexity index is 1710. The van der Waals surface area contributed by atoms with Gasteiger partial charge in [0.1, 0.15) is 12.4 Å². The lowest BCUT2D eigenvalue weighted by atomic mass is 9.90. The third-order valence-electron chi connectivity index (χ3n) is 7.13. The number of aromatic nitrogens is 2. The number of nitro groups is 1. The highest BCUT2D eigenvalue weighted by Crippen LogP contribution is 2.26. The van der Waals surface area contributed by atoms with Crippen LogP contribution in [0.15, 0.2) is 90.0 Å². The Morgan fingerprint density at radius 2 is 1.70 bits per heavy atom. The van der Waals surface area contributed by atoms with Gasteiger partial charge in [0.25, 0.3) is 21.6 Å². The number of para-hydroxylation sites is 1. The summed E-state index contributed by atoms with van der Waals surface area (Å²) < 4.78 is 33.8. The Morgan fingerprint density at radius 1 is 1.02 bits per heavy atom. The van der Waals surface area contributed by atoms with Crippen LogP contribution in [0.3, 0.4) is 0 Å². The van der Waals surface area contributed by atoms with Gasteiger partial charge in [0.05, 0.1) is 16.2 Å². The standard InChI is InChI=1S/C30H28ClN5O6S/c31-23-10-12-24(13-11-23)42-20-26-25(29(37)34-43(40,41)28-9-5-4-8-27(28)36(38)39)19-32-30(33-26)35-16-14-22(15-17-35)18-21-6-2-1-3-7-21/h1-13,19,22H,14-18,20H2,(H,34,37). The quantitative estimate of drug-likeness (QED) is 0.187. The second kappa shape index (κ2) is 13.2. The van der Waals surface area contributed by atoms with Crippen LogP contribution in [0.25, 0.3) is 0 Å². The van der Waals surface area contributed by atoms with Crippen molar-refractivity contribution in [2.24, 2.45) is 5.92 Å². The molecular weight excluding hydrogens is 594 g/mol. The number of anilines is 1. The van der Waals surface area contributed by atoms with Crippen LogP contribution < -0.4 is 14.4 Å². The fourth-order valence-electron chi connectivity index (χ4n) is 4.89. The number of nitro benzene ring substituents is 1. The number of rotatable bonds is 10. The first-order chi connectivity index (χ1) is 20.7. The van der Waals surface area contributed by atoms with Gasteiger partial charge >= 0.3 is 0 Å². The number of nitrogens with zero attached hydrogens (tertiary/aromatic N) is 4. The summed E-state index contributed by atoms with van der Waals surface area (Å²) in [6.45, 7) is 1.26. The molecule has 1 aliphatic rings. The van der Waals surface area contributed by atoms with Crippen LogP contribution in [0.1, 0.15) is 34.5 Å². The minimum Gasteiger partial charge on any atom is -0.487 e. The number of piperidine rings is 1. The molecule has 1 saturated heterocycles. The summed E-state index contributed by atoms with van der Waals surface area (Å²) in [7, 11) is -4.60. The van der Waals surface area contributed by atoms with E-state index in [1.165, 1.54) is 23.9 Å². The van der Waals surface area contributed by atoms with Crippen molar-refractivity contribution in [2.75, 3.05) is 18.0 Å². The minimum absolute atomic E-state index is 0.140. The van der Waals surface area contributed by atoms with Crippen molar-refractivity contribution in [1.29, 1.82) is 0 Å². The molecule has 1 aliphatic heterocycles. The molecule has 2 heterocycles. The Labute approximate surface area is 253 Å². The molecule has 1 aromatic heterocycles. The van der Waals surface area contributed by atoms with Crippen molar-refractivity contribution in [1.82, 2.24) is 14.7 Å². The van der Waals surface area contributed by atoms with E-state index < -0.39 is 31.4 Å². The number of carbonyl (C=O) groups is 1. The van der Waals surface area contributed by atoms with Gasteiger partial charge in [0.15, 0.2) is 4.90 Å². The average molecular weight is 622 g/mol. The smallest absolute Gasteiger partial charge is 0.289 e. The summed E-state index contributed by atoms with van der Waals surface area (Å²) in [5, 5.41) is 11.9. The van der Waals surface area contributed by atoms with Crippen molar-refractivity contribution >= 4 is 39.2 Å². The van der Waals surface area contributed by atoms with E-state index in [1.54, 1.807) is 24.3 Å². The minimum atomic E-state index is -4.60. The lowest BCUT2D eigenvalue weighted by Gasteiger charge is -2.32. The van der Waals surface area contributed by atoms with Gasteiger partial charge in [-0.25, -0.2) is 23.1 Å². The molecule has 222 valence electrons. The number of hydrogen-bond donors (Lipinski definition) is 1. The number of benzene rings is 3. The Hall–Kier alpha value is -4.55. The van der Waals surface area contributed by atoms with Gasteiger partial charge in [-0.1, -0.05) is 54.1 Å². The van der Waals surface area contributed by atoms with Crippen LogP contribution in [-0.4, -0.2) is 42.3 Å². The molecule has 4 aromatic rings. The lowest BCUT2D eigenvalue weighted by molar-refractivity contribution is -0.387. The van der Waals surface area contributed by atoms with Crippen molar-refractivity contribution in [3.8, 4) is 5.75 Å². The van der Waals surface area contributed by atoms with Crippen LogP contribution in [0, 0.1) is 16.0 Å². The number of carbonyl (C=O) groups excluding carboxylic acids is 1. The van der Waals surface area contributed by atoms with Crippen LogP contribution in [0.4, 0.5) is 11.6 Å². The zero-order valence-electron chi connectivity index (χ0n) is 22.9. The van der Waals surface area contributed by atoms with Crippen molar-refractivity contribution < 1.29 is 22.9 Å². The van der Waals surface area contributed by atoms with Gasteiger partial charge in [-0.3, -0.25) is 14.9 Å². The molecule has 3 aromatic carbocycles. The molecule has 0 spiro atoms. The van der Waals surface area contributed by atoms with Gasteiger partial charge in [-0.2, -0.15) is 0 Å². The van der Waals surface area contributed by atoms with Crippen molar-refractivity contribution in [3.05, 3.63) is 117 Å². The second-order valence-corrected chi connectivity index (χ2v) is 12.1. The number of halogens is 1. The molecule has 5 rings (SSSR count). The molecule has 0 bridgehead atoms. The zero-order chi connectivity index (χ0) is 30.4. The van der Waals surface area contributed by atoms with E-state index in [1.807, 2.05) is 27.8 Å². The maximum Gasteiger partial charge on any atom is 0.289 e. The van der Waals surface area contributed by atoms with Gasteiger partial charge in [0.2, 0.25) is 5.95 Å². The number of hydrogen-bond acceptors (Lipinski definition) is 9. The molecule has 0 aliphatic carbocycles. The van der Waals surface area contributed by atoms with Crippen LogP contribution in [-0.2, 0) is 23.1 Å². The third-order valence-corrected chi connectivity index (χ3v) is 8.76. The predicted octanol–water partition coefficient (Wildman–Crippen LogP) is 5.20. The van der Waals surface area contributed by atoms with Crippen molar-refractivity contribution in [3.63, 3.8) is 0 Å². The first kappa shape index (κ1) is 29.9. The highest BCUT2D eigenvalue weighted by Gasteiger charge is 2.29. The fraction of sp³-hybridized carbons (Fsp3) is 0.233. The van der Waals surface area contributed by atoms with E-state index in [4.69, 9.17) is 16.3 Å². The molecule has 1 fully saturated rings. The summed E-state index contributed by atoms with van der Waals surface area (Å²) in [6, 6.07) is 21.7. The fourth-order valence-corrected chi connectivity index (χ4v) is 6.16. The first-order valence-corrected chi connectivity index (χ1v) is 15.4. The molecule has 0 unspecified atom stereocenters. The van der Waals surface area contributed by atoms with E-state index in [9.17, 15) is 23.3 Å². The molecule has 11 nitrogen and oxygen atoms in total. The summed E-state index contributed by atoms with van der Waals surface area (Å²) in [4.78, 5) is 34.2. The second-order valence-electron chi connectivity index (χ2n) is 10.1. The van der Waals surface area contributed by atoms with Gasteiger partial charge < -0.3 is 9.64 Å². The summed E-state index contributed by atoms with van der Waals surface area (Å²) in [5.41, 5.74) is 0.654. The third kappa shape index (κ3) is 7.46. The SMILES string of the molecule is O=C(NS(=O)(=O)c1ccccc1[N+](=O)[O-])c1cnc(N2CCC(Cc3ccccc3)CC2)nc1COc1ccc(Cl)cc1. The first-order valence-electron chi connectivity index (χ1n) is 13.5. The van der Waals surface area contributed by atoms with Gasteiger partial charge in [0, 0.05) is 30.4 Å². The monoisotopic (exact) mass is 621 g/mol. The number of sulfonamides is 1. The Kier molecular flexibility index (Phi) is 9.17. The van der Waals surface area contributed by atoms with Crippen LogP contribution in [0.2, 0.25) is 5.02 Å². The molecule has 0 atom stereocenters. The number of amides is 1. The highest BCUT2D eigenvalue weighted by molar-refractivity contribution is 7.90. The topological polar surface area (TPSA) is 145 Å². The predicted molar refractivity (Wildman–Crippen MR) is 161 cm³/mol. The van der Waals surface area contributed by atoms with E-state index >= 15 is 0 Å². The molecule has 1 N–H and O–H groups in total. The lowest BCUT2D eigenvalue weighted by Crippen LogP contribution is -2.36. The molecule has 13 heteroatoms. The summed E-state index contributed by atoms with van der Waals surface area (Å²) >= 11 is 5.97. The van der Waals surface area contributed by atoms with Crippen LogP contribution in [0.5, 0.6) is 5.75 Å². The Balaban J connectivity index is 1.36. The van der Waals surface area contributed by atoms with E-state index in [0.717, 1.165) is 31.4 Å². The molecule has 1 amide bonds. The average Bonchev–Trinajstić information content (AvgIpc) is 3.01. The van der Waals surface area contributed by atoms with Crippen LogP contribution >= 0.6 is 11.6 Å². The summed E-state index contributed by atoms with van der Waals surface area (Å²) in [6.07, 6.45) is 4.11. The largest absolute Gasteiger partial charge is 0.487 e. The van der Waals surface area contributed by atoms with Gasteiger partial charge in [-0.05, 0) is 61.1 Å². The zero-order valence-corrected chi connectivity index (χ0v) is 24.5. The Morgan fingerprint density at radius 3 is 2.40 bits per heavy atom.